The first-order chi connectivity index (χ1) is 7.24. The van der Waals surface area contributed by atoms with Crippen LogP contribution in [-0.2, 0) is 0 Å². The highest BCUT2D eigenvalue weighted by Crippen LogP contribution is 2.14. The minimum atomic E-state index is 0.138. The maximum absolute atomic E-state index is 4.27. The van der Waals surface area contributed by atoms with Gasteiger partial charge in [-0.3, -0.25) is 0 Å². The van der Waals surface area contributed by atoms with Gasteiger partial charge < -0.3 is 0 Å². The van der Waals surface area contributed by atoms with Crippen LogP contribution >= 0.6 is 0 Å². The molecule has 80 valence electrons. The van der Waals surface area contributed by atoms with E-state index in [1.54, 1.807) is 0 Å². The summed E-state index contributed by atoms with van der Waals surface area (Å²) in [6.45, 7) is 6.22. The van der Waals surface area contributed by atoms with Crippen molar-refractivity contribution in [2.24, 2.45) is 9.98 Å². The lowest BCUT2D eigenvalue weighted by atomic mass is 10.1. The highest BCUT2D eigenvalue weighted by Gasteiger charge is 1.99. The number of nitrogens with zero attached hydrogens (tertiary/aromatic N) is 2. The van der Waals surface area contributed by atoms with Gasteiger partial charge in [0.1, 0.15) is 0 Å². The molecular formula is C13H18N2. The van der Waals surface area contributed by atoms with Crippen LogP contribution in [0.15, 0.2) is 40.3 Å². The van der Waals surface area contributed by atoms with Gasteiger partial charge >= 0.3 is 0 Å². The number of hydrogen-bond acceptors (Lipinski definition) is 2. The quantitative estimate of drug-likeness (QED) is 0.665. The maximum atomic E-state index is 4.27. The van der Waals surface area contributed by atoms with Crippen LogP contribution in [0.1, 0.15) is 38.8 Å². The van der Waals surface area contributed by atoms with E-state index in [9.17, 15) is 0 Å². The molecule has 0 saturated heterocycles. The van der Waals surface area contributed by atoms with Crippen LogP contribution in [0, 0.1) is 0 Å². The Kier molecular flexibility index (Phi) is 4.79. The van der Waals surface area contributed by atoms with E-state index < -0.39 is 0 Å². The second-order valence-electron chi connectivity index (χ2n) is 3.70. The van der Waals surface area contributed by atoms with E-state index in [2.05, 4.69) is 48.9 Å². The van der Waals surface area contributed by atoms with E-state index in [0.29, 0.717) is 6.04 Å². The molecule has 0 aromatic heterocycles. The topological polar surface area (TPSA) is 24.7 Å². The van der Waals surface area contributed by atoms with Crippen molar-refractivity contribution in [1.82, 2.24) is 0 Å². The Morgan fingerprint density at radius 2 is 1.80 bits per heavy atom. The molecule has 0 bridgehead atoms. The van der Waals surface area contributed by atoms with Gasteiger partial charge in [0.15, 0.2) is 0 Å². The van der Waals surface area contributed by atoms with E-state index in [4.69, 9.17) is 0 Å². The van der Waals surface area contributed by atoms with Crippen molar-refractivity contribution in [3.8, 4) is 0 Å². The van der Waals surface area contributed by atoms with Crippen molar-refractivity contribution in [3.63, 3.8) is 0 Å². The van der Waals surface area contributed by atoms with Gasteiger partial charge in [0.25, 0.3) is 0 Å². The zero-order chi connectivity index (χ0) is 11.1. The van der Waals surface area contributed by atoms with Crippen molar-refractivity contribution in [2.75, 3.05) is 0 Å². The molecule has 0 amide bonds. The fraction of sp³-hybridized carbons (Fsp3) is 0.462. The summed E-state index contributed by atoms with van der Waals surface area (Å²) in [5.74, 6) is 0. The fourth-order valence-electron chi connectivity index (χ4n) is 1.12. The molecule has 0 N–H and O–H groups in total. The Morgan fingerprint density at radius 3 is 2.40 bits per heavy atom. The molecule has 0 radical (unpaired) electrons. The summed E-state index contributed by atoms with van der Waals surface area (Å²) in [6, 6.07) is 13.4. The molecule has 0 aliphatic heterocycles. The molecular weight excluding hydrogens is 184 g/mol. The first kappa shape index (κ1) is 11.7. The Hall–Kier alpha value is -1.40. The van der Waals surface area contributed by atoms with Gasteiger partial charge in [0.05, 0.1) is 18.1 Å². The van der Waals surface area contributed by atoms with Crippen molar-refractivity contribution in [3.05, 3.63) is 35.9 Å². The third kappa shape index (κ3) is 4.09. The van der Waals surface area contributed by atoms with Gasteiger partial charge in [0.2, 0.25) is 0 Å². The summed E-state index contributed by atoms with van der Waals surface area (Å²) in [5, 5.41) is 0. The minimum Gasteiger partial charge on any atom is -0.223 e. The molecule has 0 aliphatic carbocycles. The zero-order valence-electron chi connectivity index (χ0n) is 9.64. The summed E-state index contributed by atoms with van der Waals surface area (Å²) in [4.78, 5) is 8.46. The average molecular weight is 202 g/mol. The summed E-state index contributed by atoms with van der Waals surface area (Å²) in [5.41, 5.74) is 1.20. The number of aliphatic imine (C=N–C) groups is 2. The monoisotopic (exact) mass is 202 g/mol. The molecule has 2 nitrogen and oxygen atoms in total. The lowest BCUT2D eigenvalue weighted by Crippen LogP contribution is -1.93. The molecule has 1 aromatic rings. The first-order valence-corrected chi connectivity index (χ1v) is 5.43. The number of rotatable bonds is 4. The van der Waals surface area contributed by atoms with Crippen LogP contribution in [-0.4, -0.2) is 12.1 Å². The lowest BCUT2D eigenvalue weighted by Gasteiger charge is -2.03. The van der Waals surface area contributed by atoms with Crippen LogP contribution < -0.4 is 0 Å². The van der Waals surface area contributed by atoms with Crippen LogP contribution in [0.4, 0.5) is 0 Å². The fourth-order valence-corrected chi connectivity index (χ4v) is 1.12. The number of hydrogen-bond donors (Lipinski definition) is 0. The van der Waals surface area contributed by atoms with Gasteiger partial charge in [0, 0.05) is 0 Å². The third-order valence-corrected chi connectivity index (χ3v) is 2.40. The molecule has 2 heteroatoms. The van der Waals surface area contributed by atoms with Gasteiger partial charge in [-0.15, -0.1) is 0 Å². The third-order valence-electron chi connectivity index (χ3n) is 2.40. The molecule has 0 spiro atoms. The van der Waals surface area contributed by atoms with E-state index >= 15 is 0 Å². The molecule has 1 rings (SSSR count). The largest absolute Gasteiger partial charge is 0.223 e. The highest BCUT2D eigenvalue weighted by atomic mass is 14.8. The number of benzene rings is 1. The smallest absolute Gasteiger partial charge is 0.0901 e. The summed E-state index contributed by atoms with van der Waals surface area (Å²) in [7, 11) is 0. The predicted octanol–water partition coefficient (Wildman–Crippen LogP) is 3.72. The van der Waals surface area contributed by atoms with Crippen molar-refractivity contribution in [2.45, 2.75) is 39.3 Å². The molecule has 0 fully saturated rings. The van der Waals surface area contributed by atoms with Crippen molar-refractivity contribution >= 4 is 6.01 Å². The normalized spacial score (nSPS) is 13.8. The lowest BCUT2D eigenvalue weighted by molar-refractivity contribution is 0.717. The van der Waals surface area contributed by atoms with E-state index in [1.165, 1.54) is 5.56 Å². The van der Waals surface area contributed by atoms with Gasteiger partial charge in [-0.1, -0.05) is 37.3 Å². The molecule has 15 heavy (non-hydrogen) atoms. The second-order valence-corrected chi connectivity index (χ2v) is 3.70. The van der Waals surface area contributed by atoms with Crippen LogP contribution in [0.5, 0.6) is 0 Å². The Bertz CT molecular complexity index is 337. The van der Waals surface area contributed by atoms with Gasteiger partial charge in [-0.2, -0.15) is 0 Å². The Balaban J connectivity index is 2.63. The van der Waals surface area contributed by atoms with Crippen LogP contribution in [0.3, 0.4) is 0 Å². The molecule has 1 aromatic carbocycles. The second kappa shape index (κ2) is 6.15. The zero-order valence-corrected chi connectivity index (χ0v) is 9.64. The van der Waals surface area contributed by atoms with E-state index in [-0.39, 0.29) is 6.04 Å². The van der Waals surface area contributed by atoms with Crippen molar-refractivity contribution < 1.29 is 0 Å². The molecule has 2 atom stereocenters. The summed E-state index contributed by atoms with van der Waals surface area (Å²) >= 11 is 0. The van der Waals surface area contributed by atoms with Crippen LogP contribution in [0.25, 0.3) is 0 Å². The molecule has 0 aliphatic rings. The standard InChI is InChI=1S/C13H18N2/c1-4-11(2)14-10-15-12(3)13-8-6-5-7-9-13/h5-9,11-12H,4H2,1-3H3. The van der Waals surface area contributed by atoms with E-state index in [1.807, 2.05) is 18.2 Å². The minimum absolute atomic E-state index is 0.138. The molecule has 0 heterocycles. The van der Waals surface area contributed by atoms with Crippen molar-refractivity contribution in [1.29, 1.82) is 0 Å². The SMILES string of the molecule is CCC(C)N=C=NC(C)c1ccccc1. The highest BCUT2D eigenvalue weighted by molar-refractivity contribution is 5.42. The predicted molar refractivity (Wildman–Crippen MR) is 64.5 cm³/mol. The summed E-state index contributed by atoms with van der Waals surface area (Å²) < 4.78 is 0. The average Bonchev–Trinajstić information content (AvgIpc) is 2.29. The first-order valence-electron chi connectivity index (χ1n) is 5.43. The Labute approximate surface area is 91.8 Å². The molecule has 0 saturated carbocycles. The van der Waals surface area contributed by atoms with Gasteiger partial charge in [-0.25, -0.2) is 9.98 Å². The van der Waals surface area contributed by atoms with Crippen LogP contribution in [0.2, 0.25) is 0 Å². The van der Waals surface area contributed by atoms with E-state index in [0.717, 1.165) is 6.42 Å². The Morgan fingerprint density at radius 1 is 1.13 bits per heavy atom. The maximum Gasteiger partial charge on any atom is 0.0901 e. The summed E-state index contributed by atoms with van der Waals surface area (Å²) in [6.07, 6.45) is 1.03. The van der Waals surface area contributed by atoms with Gasteiger partial charge in [-0.05, 0) is 25.8 Å². The molecule has 2 unspecified atom stereocenters.